The molecule has 2 saturated heterocycles. The molecule has 0 aliphatic carbocycles. The largest absolute Gasteiger partial charge is 0.490 e. The Labute approximate surface area is 329 Å². The van der Waals surface area contributed by atoms with E-state index in [1.165, 1.54) is 17.9 Å². The highest BCUT2D eigenvalue weighted by molar-refractivity contribution is 7.71. The lowest BCUT2D eigenvalue weighted by Crippen LogP contribution is -2.46. The summed E-state index contributed by atoms with van der Waals surface area (Å²) in [6.45, 7) is -2.46. The van der Waals surface area contributed by atoms with Gasteiger partial charge in [0.25, 0.3) is 17.1 Å². The number of phosphoric acid groups is 5. The van der Waals surface area contributed by atoms with Crippen LogP contribution in [-0.4, -0.2) is 129 Å². The number of aliphatic hydroxyl groups excluding tert-OH is 4. The van der Waals surface area contributed by atoms with E-state index in [9.17, 15) is 77.3 Å². The van der Waals surface area contributed by atoms with E-state index in [0.29, 0.717) is 0 Å². The van der Waals surface area contributed by atoms with Gasteiger partial charge >= 0.3 is 44.8 Å². The van der Waals surface area contributed by atoms with E-state index in [1.807, 2.05) is 0 Å². The van der Waals surface area contributed by atoms with Crippen molar-refractivity contribution in [3.8, 4) is 0 Å². The maximum absolute atomic E-state index is 12.5. The van der Waals surface area contributed by atoms with E-state index in [0.717, 1.165) is 15.5 Å². The summed E-state index contributed by atoms with van der Waals surface area (Å²) in [5.41, 5.74) is 8.97. The number of nitrogen functional groups attached to an aromatic ring is 2. The van der Waals surface area contributed by atoms with Crippen LogP contribution in [0.15, 0.2) is 22.2 Å². The molecule has 34 nitrogen and oxygen atoms in total. The highest BCUT2D eigenvalue weighted by Gasteiger charge is 2.51. The number of aromatic amines is 2. The Hall–Kier alpha value is -3.23. The van der Waals surface area contributed by atoms with Crippen molar-refractivity contribution >= 4 is 73.3 Å². The van der Waals surface area contributed by atoms with Gasteiger partial charge in [0.05, 0.1) is 26.6 Å². The first kappa shape index (κ1) is 46.3. The van der Waals surface area contributed by atoms with E-state index in [1.54, 1.807) is 0 Å². The van der Waals surface area contributed by atoms with Crippen molar-refractivity contribution in [1.29, 1.82) is 0 Å². The Kier molecular flexibility index (Phi) is 12.7. The summed E-state index contributed by atoms with van der Waals surface area (Å²) in [5, 5.41) is 42.0. The van der Waals surface area contributed by atoms with Crippen molar-refractivity contribution in [2.24, 2.45) is 7.05 Å². The number of hydrogen-bond acceptors (Lipinski definition) is 24. The van der Waals surface area contributed by atoms with Crippen LogP contribution in [0.5, 0.6) is 0 Å². The number of aromatic nitrogens is 8. The van der Waals surface area contributed by atoms with Gasteiger partial charge in [-0.15, -0.1) is 0 Å². The van der Waals surface area contributed by atoms with Gasteiger partial charge in [0.2, 0.25) is 17.7 Å². The van der Waals surface area contributed by atoms with Crippen LogP contribution in [0.4, 0.5) is 11.9 Å². The van der Waals surface area contributed by atoms with Gasteiger partial charge in [-0.05, 0) is 0 Å². The Balaban J connectivity index is 1.02. The predicted octanol–water partition coefficient (Wildman–Crippen LogP) is -4.31. The molecule has 334 valence electrons. The van der Waals surface area contributed by atoms with Crippen LogP contribution in [0.25, 0.3) is 22.3 Å². The molecular weight excluding hydrogens is 931 g/mol. The maximum atomic E-state index is 12.5. The monoisotopic (exact) mass is 963 g/mol. The molecule has 15 N–H and O–H groups in total. The molecule has 6 rings (SSSR count). The number of ether oxygens (including phenoxy) is 2. The van der Waals surface area contributed by atoms with Gasteiger partial charge in [0, 0.05) is 0 Å². The van der Waals surface area contributed by atoms with E-state index in [-0.39, 0.29) is 34.2 Å². The summed E-state index contributed by atoms with van der Waals surface area (Å²) in [6.07, 6.45) is -11.9. The number of nitrogens with two attached hydrogens (primary N) is 2. The van der Waals surface area contributed by atoms with Crippen LogP contribution in [0, 0.1) is 0 Å². The summed E-state index contributed by atoms with van der Waals surface area (Å²) in [6, 6.07) is 0. The molecule has 0 saturated carbocycles. The lowest BCUT2D eigenvalue weighted by Gasteiger charge is -2.21. The predicted molar refractivity (Wildman–Crippen MR) is 186 cm³/mol. The van der Waals surface area contributed by atoms with E-state index in [4.69, 9.17) is 20.9 Å². The molecule has 0 aromatic carbocycles. The van der Waals surface area contributed by atoms with Crippen molar-refractivity contribution in [3.05, 3.63) is 33.4 Å². The first-order chi connectivity index (χ1) is 27.6. The topological polar surface area (TPSA) is 511 Å². The average molecular weight is 963 g/mol. The molecule has 0 spiro atoms. The van der Waals surface area contributed by atoms with Crippen molar-refractivity contribution in [2.45, 2.75) is 49.1 Å². The number of aliphatic hydroxyl groups is 4. The van der Waals surface area contributed by atoms with E-state index >= 15 is 0 Å². The fraction of sp³-hybridized carbons (Fsp3) is 0.524. The minimum Gasteiger partial charge on any atom is -0.387 e. The molecule has 6 heterocycles. The number of hydrogen-bond donors (Lipinski definition) is 13. The number of aryl methyl sites for hydroxylation is 1. The van der Waals surface area contributed by atoms with Crippen LogP contribution in [0.2, 0.25) is 0 Å². The summed E-state index contributed by atoms with van der Waals surface area (Å²) >= 11 is 0. The van der Waals surface area contributed by atoms with E-state index in [2.05, 4.69) is 51.2 Å². The second kappa shape index (κ2) is 16.5. The van der Waals surface area contributed by atoms with Crippen LogP contribution in [0.1, 0.15) is 12.5 Å². The Morgan fingerprint density at radius 2 is 1.22 bits per heavy atom. The molecule has 2 fully saturated rings. The SMILES string of the molecule is Cn1c[n+]([C@@H]2O[C@H](COP(=O)(O)OP(=O)(O)OP(=O)(O)OP(=O)(O)OP(=O)(O)OC[C@H]3O[C@@H](n4cnc5c(=O)[nH]c(N)nc54)[C@H](O)[C@@H]3O)[C@@H](O)[C@H]2O)c2nc(N)[nH]c(=O)c21. The molecule has 4 aromatic rings. The van der Waals surface area contributed by atoms with Crippen LogP contribution >= 0.6 is 39.1 Å². The third-order valence-corrected chi connectivity index (χ3v) is 15.6. The number of phosphoric ester groups is 2. The van der Waals surface area contributed by atoms with Crippen molar-refractivity contribution in [1.82, 2.24) is 34.1 Å². The summed E-state index contributed by atoms with van der Waals surface area (Å²) in [5.74, 6) is -0.695. The lowest BCUT2D eigenvalue weighted by atomic mass is 10.1. The molecular formula is C21H32N10O24P5+. The molecule has 4 aromatic heterocycles. The molecule has 0 bridgehead atoms. The Bertz CT molecular complexity index is 2670. The quantitative estimate of drug-likeness (QED) is 0.0373. The molecule has 5 unspecified atom stereocenters. The minimum absolute atomic E-state index is 0.0485. The third-order valence-electron chi connectivity index (χ3n) is 8.09. The average Bonchev–Trinajstić information content (AvgIpc) is 3.80. The van der Waals surface area contributed by atoms with Crippen LogP contribution in [-0.2, 0) is 65.6 Å². The summed E-state index contributed by atoms with van der Waals surface area (Å²) in [7, 11) is -29.7. The standard InChI is InChI=1S/C21H31N10O24P5/c1-29-5-31(15-9(29)17(37)28-21(23)26-15)19-13(35)11(33)7(51-19)3-49-57(40,41)53-59(44,45)55-60(46,47)54-58(42,43)52-56(38,39)48-2-6-10(32)12(34)18(50-6)30-4-24-8-14(30)25-20(22)27-16(8)36/h4-7,10-13,18-19,32-35H,2-3H2,1H3,(H10-,22,23,25,26,27,28,36,37,38,39,40,41,42,43,44,45,46,47)/p+1/t6-,7-,10-,11-,12-,13-,18-,19-/m1/s1. The van der Waals surface area contributed by atoms with Crippen LogP contribution in [0.3, 0.4) is 0 Å². The third kappa shape index (κ3) is 10.0. The molecule has 2 aliphatic rings. The summed E-state index contributed by atoms with van der Waals surface area (Å²) in [4.78, 5) is 89.8. The van der Waals surface area contributed by atoms with Gasteiger partial charge in [-0.1, -0.05) is 4.98 Å². The molecule has 60 heavy (non-hydrogen) atoms. The maximum Gasteiger partial charge on any atom is 0.490 e. The lowest BCUT2D eigenvalue weighted by molar-refractivity contribution is -0.745. The molecule has 13 atom stereocenters. The normalized spacial score (nSPS) is 29.8. The van der Waals surface area contributed by atoms with Crippen molar-refractivity contribution < 1.29 is 108 Å². The number of nitrogens with zero attached hydrogens (tertiary/aromatic N) is 6. The zero-order valence-corrected chi connectivity index (χ0v) is 33.9. The number of fused-ring (bicyclic) bond motifs is 2. The minimum atomic E-state index is -6.49. The first-order valence-corrected chi connectivity index (χ1v) is 23.4. The zero-order valence-electron chi connectivity index (χ0n) is 29.4. The first-order valence-electron chi connectivity index (χ1n) is 15.9. The number of imidazole rings is 2. The number of anilines is 2. The van der Waals surface area contributed by atoms with Gasteiger partial charge in [-0.25, -0.2) is 32.4 Å². The fourth-order valence-corrected chi connectivity index (χ4v) is 12.1. The zero-order chi connectivity index (χ0) is 44.5. The van der Waals surface area contributed by atoms with Gasteiger partial charge in [-0.2, -0.15) is 22.2 Å². The number of nitrogens with one attached hydrogen (secondary N) is 2. The summed E-state index contributed by atoms with van der Waals surface area (Å²) < 4.78 is 100. The molecule has 0 amide bonds. The smallest absolute Gasteiger partial charge is 0.387 e. The molecule has 2 aliphatic heterocycles. The fourth-order valence-electron chi connectivity index (χ4n) is 5.73. The van der Waals surface area contributed by atoms with Gasteiger partial charge in [0.15, 0.2) is 23.7 Å². The van der Waals surface area contributed by atoms with E-state index < -0.39 is 113 Å². The number of rotatable bonds is 16. The van der Waals surface area contributed by atoms with Gasteiger partial charge in [0.1, 0.15) is 36.6 Å². The Morgan fingerprint density at radius 3 is 1.78 bits per heavy atom. The molecule has 0 radical (unpaired) electrons. The van der Waals surface area contributed by atoms with Gasteiger partial charge < -0.3 is 65.8 Å². The highest BCUT2D eigenvalue weighted by Crippen LogP contribution is 2.73. The number of H-pyrrole nitrogens is 2. The Morgan fingerprint density at radius 1 is 0.733 bits per heavy atom. The van der Waals surface area contributed by atoms with Crippen LogP contribution < -0.4 is 27.2 Å². The molecule has 39 heteroatoms. The van der Waals surface area contributed by atoms with Gasteiger partial charge in [-0.3, -0.25) is 37.7 Å². The highest BCUT2D eigenvalue weighted by atomic mass is 31.3. The second-order valence-electron chi connectivity index (χ2n) is 12.4. The van der Waals surface area contributed by atoms with Crippen molar-refractivity contribution in [2.75, 3.05) is 24.7 Å². The second-order valence-corrected chi connectivity index (χ2v) is 20.2. The van der Waals surface area contributed by atoms with Crippen molar-refractivity contribution in [3.63, 3.8) is 0 Å².